The van der Waals surface area contributed by atoms with E-state index in [2.05, 4.69) is 53.2 Å². The van der Waals surface area contributed by atoms with Crippen molar-refractivity contribution in [3.05, 3.63) is 54.4 Å². The Bertz CT molecular complexity index is 604. The number of hydrogen-bond donors (Lipinski definition) is 0. The topological polar surface area (TPSA) is 14.2 Å². The number of nitrogens with zero attached hydrogens (tertiary/aromatic N) is 1. The predicted octanol–water partition coefficient (Wildman–Crippen LogP) is 3.81. The Labute approximate surface area is 101 Å². The Hall–Kier alpha value is -1.96. The number of para-hydroxylation sites is 1. The van der Waals surface area contributed by atoms with Gasteiger partial charge in [0.1, 0.15) is 0 Å². The maximum absolute atomic E-state index is 5.25. The minimum Gasteiger partial charge on any atom is -0.501 e. The molecule has 2 aromatic rings. The van der Waals surface area contributed by atoms with Gasteiger partial charge in [-0.15, -0.1) is 0 Å². The highest BCUT2D eigenvalue weighted by Crippen LogP contribution is 2.26. The minimum absolute atomic E-state index is 0.981. The predicted molar refractivity (Wildman–Crippen MR) is 70.5 cm³/mol. The smallest absolute Gasteiger partial charge is 0.0959 e. The number of ether oxygens (including phenoxy) is 1. The molecule has 0 bridgehead atoms. The molecule has 0 saturated carbocycles. The van der Waals surface area contributed by atoms with Crippen molar-refractivity contribution in [3.8, 4) is 0 Å². The van der Waals surface area contributed by atoms with Crippen molar-refractivity contribution >= 4 is 16.6 Å². The molecule has 1 heterocycles. The van der Waals surface area contributed by atoms with E-state index in [4.69, 9.17) is 4.74 Å². The molecule has 17 heavy (non-hydrogen) atoms. The van der Waals surface area contributed by atoms with Gasteiger partial charge < -0.3 is 9.30 Å². The standard InChI is InChI=1S/C15H15NO/c1-17-14-8-6-13(7-9-14)16-11-10-12-4-2-3-5-15(12)16/h2-6,8,10-11H,7,9H2,1H3. The number of fused-ring (bicyclic) bond motifs is 1. The fourth-order valence-corrected chi connectivity index (χ4v) is 2.31. The molecule has 1 aliphatic rings. The highest BCUT2D eigenvalue weighted by Gasteiger charge is 2.09. The highest BCUT2D eigenvalue weighted by molar-refractivity contribution is 5.83. The summed E-state index contributed by atoms with van der Waals surface area (Å²) < 4.78 is 7.51. The van der Waals surface area contributed by atoms with Crippen molar-refractivity contribution in [1.82, 2.24) is 4.57 Å². The molecule has 1 aromatic heterocycles. The van der Waals surface area contributed by atoms with E-state index in [1.165, 1.54) is 16.6 Å². The molecule has 3 rings (SSSR count). The first-order valence-electron chi connectivity index (χ1n) is 5.88. The number of benzene rings is 1. The van der Waals surface area contributed by atoms with E-state index >= 15 is 0 Å². The molecule has 0 aliphatic heterocycles. The summed E-state index contributed by atoms with van der Waals surface area (Å²) in [5.41, 5.74) is 2.60. The van der Waals surface area contributed by atoms with Gasteiger partial charge in [-0.1, -0.05) is 18.2 Å². The Morgan fingerprint density at radius 3 is 2.71 bits per heavy atom. The fraction of sp³-hybridized carbons (Fsp3) is 0.200. The second kappa shape index (κ2) is 4.13. The fourth-order valence-electron chi connectivity index (χ4n) is 2.31. The van der Waals surface area contributed by atoms with Crippen molar-refractivity contribution in [2.75, 3.05) is 7.11 Å². The summed E-state index contributed by atoms with van der Waals surface area (Å²) in [5.74, 6) is 1.06. The van der Waals surface area contributed by atoms with Gasteiger partial charge in [-0.25, -0.2) is 0 Å². The summed E-state index contributed by atoms with van der Waals surface area (Å²) in [7, 11) is 1.73. The molecular weight excluding hydrogens is 210 g/mol. The van der Waals surface area contributed by atoms with Crippen LogP contribution in [0.1, 0.15) is 12.8 Å². The Morgan fingerprint density at radius 2 is 1.94 bits per heavy atom. The second-order valence-electron chi connectivity index (χ2n) is 4.24. The van der Waals surface area contributed by atoms with E-state index < -0.39 is 0 Å². The van der Waals surface area contributed by atoms with Crippen LogP contribution in [0.3, 0.4) is 0 Å². The van der Waals surface area contributed by atoms with Crippen LogP contribution in [0.2, 0.25) is 0 Å². The Kier molecular flexibility index (Phi) is 2.48. The molecular formula is C15H15NO. The maximum Gasteiger partial charge on any atom is 0.0959 e. The lowest BCUT2D eigenvalue weighted by Crippen LogP contribution is -2.00. The van der Waals surface area contributed by atoms with E-state index in [9.17, 15) is 0 Å². The van der Waals surface area contributed by atoms with E-state index in [-0.39, 0.29) is 0 Å². The summed E-state index contributed by atoms with van der Waals surface area (Å²) in [6.45, 7) is 0. The number of hydrogen-bond acceptors (Lipinski definition) is 1. The second-order valence-corrected chi connectivity index (χ2v) is 4.24. The molecule has 86 valence electrons. The molecule has 0 atom stereocenters. The zero-order valence-electron chi connectivity index (χ0n) is 9.89. The van der Waals surface area contributed by atoms with E-state index in [0.717, 1.165) is 18.6 Å². The van der Waals surface area contributed by atoms with Gasteiger partial charge in [0.2, 0.25) is 0 Å². The first-order chi connectivity index (χ1) is 8.38. The lowest BCUT2D eigenvalue weighted by Gasteiger charge is -2.15. The van der Waals surface area contributed by atoms with Gasteiger partial charge in [-0.05, 0) is 36.1 Å². The van der Waals surface area contributed by atoms with Gasteiger partial charge in [0.25, 0.3) is 0 Å². The van der Waals surface area contributed by atoms with E-state index in [1.807, 2.05) is 0 Å². The number of methoxy groups -OCH3 is 1. The molecule has 0 amide bonds. The van der Waals surface area contributed by atoms with Gasteiger partial charge in [0.05, 0.1) is 18.4 Å². The molecule has 0 radical (unpaired) electrons. The summed E-state index contributed by atoms with van der Waals surface area (Å²) in [4.78, 5) is 0. The average molecular weight is 225 g/mol. The first kappa shape index (κ1) is 10.2. The highest BCUT2D eigenvalue weighted by atomic mass is 16.5. The summed E-state index contributed by atoms with van der Waals surface area (Å²) in [5, 5.41) is 1.29. The molecule has 2 heteroatoms. The van der Waals surface area contributed by atoms with Gasteiger partial charge in [-0.2, -0.15) is 0 Å². The van der Waals surface area contributed by atoms with Gasteiger partial charge in [0.15, 0.2) is 0 Å². The molecule has 0 saturated heterocycles. The third kappa shape index (κ3) is 1.76. The zero-order valence-corrected chi connectivity index (χ0v) is 9.89. The van der Waals surface area contributed by atoms with Crippen molar-refractivity contribution in [2.24, 2.45) is 0 Å². The molecule has 0 unspecified atom stereocenters. The average Bonchev–Trinajstić information content (AvgIpc) is 2.83. The molecule has 1 aliphatic carbocycles. The van der Waals surface area contributed by atoms with Gasteiger partial charge in [-0.3, -0.25) is 0 Å². The monoisotopic (exact) mass is 225 g/mol. The zero-order chi connectivity index (χ0) is 11.7. The lowest BCUT2D eigenvalue weighted by atomic mass is 10.1. The molecule has 1 aromatic carbocycles. The first-order valence-corrected chi connectivity index (χ1v) is 5.88. The van der Waals surface area contributed by atoms with Crippen LogP contribution in [0.5, 0.6) is 0 Å². The van der Waals surface area contributed by atoms with Gasteiger partial charge in [0, 0.05) is 18.3 Å². The van der Waals surface area contributed by atoms with E-state index in [0.29, 0.717) is 0 Å². The summed E-state index contributed by atoms with van der Waals surface area (Å²) in [6, 6.07) is 10.6. The van der Waals surface area contributed by atoms with Crippen molar-refractivity contribution in [3.63, 3.8) is 0 Å². The van der Waals surface area contributed by atoms with Crippen LogP contribution >= 0.6 is 0 Å². The van der Waals surface area contributed by atoms with Crippen LogP contribution in [0.15, 0.2) is 54.4 Å². The van der Waals surface area contributed by atoms with Crippen LogP contribution in [0.25, 0.3) is 16.6 Å². The third-order valence-electron chi connectivity index (χ3n) is 3.26. The SMILES string of the molecule is COC1=CC=C(n2ccc3ccccc32)CC1. The number of aromatic nitrogens is 1. The number of allylic oxidation sites excluding steroid dienone is 4. The Balaban J connectivity index is 2.05. The summed E-state index contributed by atoms with van der Waals surface area (Å²) >= 11 is 0. The molecule has 2 nitrogen and oxygen atoms in total. The molecule has 0 N–H and O–H groups in total. The maximum atomic E-state index is 5.25. The molecule has 0 fully saturated rings. The van der Waals surface area contributed by atoms with Crippen molar-refractivity contribution in [2.45, 2.75) is 12.8 Å². The third-order valence-corrected chi connectivity index (χ3v) is 3.26. The summed E-state index contributed by atoms with van der Waals surface area (Å²) in [6.07, 6.45) is 8.36. The van der Waals surface area contributed by atoms with Crippen LogP contribution in [0, 0.1) is 0 Å². The normalized spacial score (nSPS) is 15.6. The van der Waals surface area contributed by atoms with Crippen LogP contribution in [0.4, 0.5) is 0 Å². The largest absolute Gasteiger partial charge is 0.501 e. The number of rotatable bonds is 2. The van der Waals surface area contributed by atoms with Crippen LogP contribution < -0.4 is 0 Å². The van der Waals surface area contributed by atoms with Crippen molar-refractivity contribution < 1.29 is 4.74 Å². The van der Waals surface area contributed by atoms with E-state index in [1.54, 1.807) is 7.11 Å². The van der Waals surface area contributed by atoms with Crippen LogP contribution in [-0.4, -0.2) is 11.7 Å². The Morgan fingerprint density at radius 1 is 1.06 bits per heavy atom. The molecule has 0 spiro atoms. The minimum atomic E-state index is 0.981. The van der Waals surface area contributed by atoms with Crippen molar-refractivity contribution in [1.29, 1.82) is 0 Å². The van der Waals surface area contributed by atoms with Gasteiger partial charge >= 0.3 is 0 Å². The quantitative estimate of drug-likeness (QED) is 0.758. The van der Waals surface area contributed by atoms with Crippen LogP contribution in [-0.2, 0) is 4.74 Å². The lowest BCUT2D eigenvalue weighted by molar-refractivity contribution is 0.277.